The van der Waals surface area contributed by atoms with Crippen molar-refractivity contribution in [3.05, 3.63) is 24.0 Å². The Balaban J connectivity index is 2.44. The molecule has 0 radical (unpaired) electrons. The topological polar surface area (TPSA) is 106 Å². The Morgan fingerprint density at radius 1 is 1.38 bits per heavy atom. The first-order chi connectivity index (χ1) is 9.67. The quantitative estimate of drug-likeness (QED) is 0.707. The lowest BCUT2D eigenvalue weighted by molar-refractivity contribution is -0.115. The Hall–Kier alpha value is -1.48. The van der Waals surface area contributed by atoms with E-state index in [1.54, 1.807) is 0 Å². The van der Waals surface area contributed by atoms with Gasteiger partial charge in [-0.3, -0.25) is 9.00 Å². The van der Waals surface area contributed by atoms with Crippen LogP contribution >= 0.6 is 0 Å². The number of sulfone groups is 1. The predicted octanol–water partition coefficient (Wildman–Crippen LogP) is 0.530. The molecule has 0 saturated heterocycles. The van der Waals surface area contributed by atoms with Gasteiger partial charge in [0.25, 0.3) is 0 Å². The molecule has 0 bridgehead atoms. The molecule has 0 heterocycles. The van der Waals surface area contributed by atoms with Crippen molar-refractivity contribution in [2.75, 3.05) is 34.6 Å². The minimum atomic E-state index is -3.17. The molecule has 21 heavy (non-hydrogen) atoms. The standard InChI is InChI=1S/C12H17FN2O4S2/c1-21(18,19)7-6-20(17)5-4-12(16)15-11-8-9(14)2-3-10(11)13/h2-3,8H,4-7,14H2,1H3,(H,15,16). The average molecular weight is 336 g/mol. The van der Waals surface area contributed by atoms with Crippen LogP contribution in [0.25, 0.3) is 0 Å². The Kier molecular flexibility index (Phi) is 6.28. The largest absolute Gasteiger partial charge is 0.399 e. The number of nitrogens with one attached hydrogen (secondary N) is 1. The normalized spacial score (nSPS) is 12.9. The first-order valence-electron chi connectivity index (χ1n) is 6.05. The van der Waals surface area contributed by atoms with Gasteiger partial charge in [0.05, 0.1) is 11.4 Å². The number of hydrogen-bond acceptors (Lipinski definition) is 5. The highest BCUT2D eigenvalue weighted by Crippen LogP contribution is 2.17. The number of carbonyl (C=O) groups is 1. The van der Waals surface area contributed by atoms with Gasteiger partial charge in [-0.25, -0.2) is 12.8 Å². The van der Waals surface area contributed by atoms with Crippen LogP contribution in [0.3, 0.4) is 0 Å². The average Bonchev–Trinajstić information content (AvgIpc) is 2.37. The molecule has 1 unspecified atom stereocenters. The molecule has 0 aliphatic rings. The fraction of sp³-hybridized carbons (Fsp3) is 0.417. The maximum absolute atomic E-state index is 13.4. The van der Waals surface area contributed by atoms with E-state index < -0.39 is 32.4 Å². The van der Waals surface area contributed by atoms with Crippen LogP contribution in [0.5, 0.6) is 0 Å². The highest BCUT2D eigenvalue weighted by atomic mass is 32.2. The molecule has 0 aliphatic heterocycles. The van der Waals surface area contributed by atoms with E-state index in [9.17, 15) is 21.8 Å². The Morgan fingerprint density at radius 2 is 2.05 bits per heavy atom. The number of amides is 1. The summed E-state index contributed by atoms with van der Waals surface area (Å²) in [5.41, 5.74) is 5.75. The molecule has 6 nitrogen and oxygen atoms in total. The summed E-state index contributed by atoms with van der Waals surface area (Å²) in [6.45, 7) is 0. The smallest absolute Gasteiger partial charge is 0.225 e. The summed E-state index contributed by atoms with van der Waals surface area (Å²) in [7, 11) is -4.59. The van der Waals surface area contributed by atoms with Gasteiger partial charge in [0.15, 0.2) is 0 Å². The van der Waals surface area contributed by atoms with Crippen molar-refractivity contribution in [3.8, 4) is 0 Å². The lowest BCUT2D eigenvalue weighted by Gasteiger charge is -2.07. The third-order valence-electron chi connectivity index (χ3n) is 2.50. The SMILES string of the molecule is CS(=O)(=O)CCS(=O)CCC(=O)Nc1cc(N)ccc1F. The third kappa shape index (κ3) is 7.19. The molecule has 0 fully saturated rings. The van der Waals surface area contributed by atoms with E-state index in [4.69, 9.17) is 5.73 Å². The fourth-order valence-electron chi connectivity index (χ4n) is 1.40. The zero-order chi connectivity index (χ0) is 16.0. The number of nitrogen functional groups attached to an aromatic ring is 1. The Morgan fingerprint density at radius 3 is 2.67 bits per heavy atom. The van der Waals surface area contributed by atoms with Gasteiger partial charge in [0, 0.05) is 40.7 Å². The molecular weight excluding hydrogens is 319 g/mol. The van der Waals surface area contributed by atoms with Crippen molar-refractivity contribution in [1.29, 1.82) is 0 Å². The number of anilines is 2. The van der Waals surface area contributed by atoms with Crippen molar-refractivity contribution in [2.24, 2.45) is 0 Å². The summed E-state index contributed by atoms with van der Waals surface area (Å²) in [5.74, 6) is -1.31. The lowest BCUT2D eigenvalue weighted by atomic mass is 10.2. The van der Waals surface area contributed by atoms with Crippen LogP contribution in [0.4, 0.5) is 15.8 Å². The number of carbonyl (C=O) groups excluding carboxylic acids is 1. The second-order valence-electron chi connectivity index (χ2n) is 4.52. The van der Waals surface area contributed by atoms with Crippen molar-refractivity contribution in [2.45, 2.75) is 6.42 Å². The third-order valence-corrected chi connectivity index (χ3v) is 5.03. The van der Waals surface area contributed by atoms with Crippen LogP contribution in [0.15, 0.2) is 18.2 Å². The van der Waals surface area contributed by atoms with Gasteiger partial charge in [-0.15, -0.1) is 0 Å². The number of nitrogens with two attached hydrogens (primary N) is 1. The van der Waals surface area contributed by atoms with Crippen LogP contribution in [-0.2, 0) is 25.4 Å². The van der Waals surface area contributed by atoms with Crippen molar-refractivity contribution < 1.29 is 21.8 Å². The molecule has 0 aromatic heterocycles. The van der Waals surface area contributed by atoms with Gasteiger partial charge < -0.3 is 11.1 Å². The van der Waals surface area contributed by atoms with E-state index in [1.165, 1.54) is 12.1 Å². The van der Waals surface area contributed by atoms with E-state index in [0.29, 0.717) is 5.69 Å². The van der Waals surface area contributed by atoms with Crippen LogP contribution in [-0.4, -0.2) is 42.0 Å². The molecular formula is C12H17FN2O4S2. The number of rotatable bonds is 7. The molecule has 0 spiro atoms. The number of hydrogen-bond donors (Lipinski definition) is 2. The lowest BCUT2D eigenvalue weighted by Crippen LogP contribution is -2.19. The van der Waals surface area contributed by atoms with Gasteiger partial charge in [0.2, 0.25) is 5.91 Å². The highest BCUT2D eigenvalue weighted by Gasteiger charge is 2.11. The van der Waals surface area contributed by atoms with Gasteiger partial charge in [-0.2, -0.15) is 0 Å². The molecule has 1 amide bonds. The van der Waals surface area contributed by atoms with E-state index >= 15 is 0 Å². The van der Waals surface area contributed by atoms with Gasteiger partial charge in [0.1, 0.15) is 15.7 Å². The molecule has 0 saturated carbocycles. The molecule has 1 aromatic rings. The summed E-state index contributed by atoms with van der Waals surface area (Å²) in [6.07, 6.45) is 0.962. The van der Waals surface area contributed by atoms with Gasteiger partial charge in [-0.05, 0) is 18.2 Å². The number of benzene rings is 1. The molecule has 3 N–H and O–H groups in total. The van der Waals surface area contributed by atoms with Gasteiger partial charge in [-0.1, -0.05) is 0 Å². The minimum absolute atomic E-state index is 0.0151. The highest BCUT2D eigenvalue weighted by molar-refractivity contribution is 7.92. The summed E-state index contributed by atoms with van der Waals surface area (Å²) >= 11 is 0. The molecule has 1 atom stereocenters. The van der Waals surface area contributed by atoms with Crippen molar-refractivity contribution in [1.82, 2.24) is 0 Å². The van der Waals surface area contributed by atoms with E-state index in [0.717, 1.165) is 12.3 Å². The monoisotopic (exact) mass is 336 g/mol. The molecule has 0 aliphatic carbocycles. The van der Waals surface area contributed by atoms with Crippen LogP contribution < -0.4 is 11.1 Å². The maximum atomic E-state index is 13.4. The Labute approximate surface area is 125 Å². The molecule has 1 aromatic carbocycles. The van der Waals surface area contributed by atoms with E-state index in [-0.39, 0.29) is 29.4 Å². The maximum Gasteiger partial charge on any atom is 0.225 e. The second kappa shape index (κ2) is 7.51. The molecule has 9 heteroatoms. The second-order valence-corrected chi connectivity index (χ2v) is 8.47. The zero-order valence-electron chi connectivity index (χ0n) is 11.5. The summed E-state index contributed by atoms with van der Waals surface area (Å²) in [6, 6.07) is 3.79. The van der Waals surface area contributed by atoms with Crippen LogP contribution in [0, 0.1) is 5.82 Å². The van der Waals surface area contributed by atoms with Crippen molar-refractivity contribution in [3.63, 3.8) is 0 Å². The zero-order valence-corrected chi connectivity index (χ0v) is 13.1. The summed E-state index contributed by atoms with van der Waals surface area (Å²) < 4.78 is 46.8. The molecule has 1 rings (SSSR count). The Bertz CT molecular complexity index is 647. The fourth-order valence-corrected chi connectivity index (χ4v) is 3.98. The first-order valence-corrected chi connectivity index (χ1v) is 9.60. The van der Waals surface area contributed by atoms with Crippen LogP contribution in [0.1, 0.15) is 6.42 Å². The predicted molar refractivity (Wildman–Crippen MR) is 81.6 cm³/mol. The summed E-state index contributed by atoms with van der Waals surface area (Å²) in [5, 5.41) is 2.33. The first kappa shape index (κ1) is 17.6. The van der Waals surface area contributed by atoms with Crippen LogP contribution in [0.2, 0.25) is 0 Å². The van der Waals surface area contributed by atoms with Gasteiger partial charge >= 0.3 is 0 Å². The minimum Gasteiger partial charge on any atom is -0.399 e. The van der Waals surface area contributed by atoms with Crippen molar-refractivity contribution >= 4 is 37.9 Å². The number of halogens is 1. The van der Waals surface area contributed by atoms with E-state index in [1.807, 2.05) is 0 Å². The summed E-state index contributed by atoms with van der Waals surface area (Å²) in [4.78, 5) is 11.6. The van der Waals surface area contributed by atoms with E-state index in [2.05, 4.69) is 5.32 Å². The molecule has 118 valence electrons.